The molecule has 0 aromatic heterocycles. The van der Waals surface area contributed by atoms with E-state index in [1.165, 1.54) is 0 Å². The highest BCUT2D eigenvalue weighted by atomic mass is 19.1. The Kier molecular flexibility index (Phi) is 4.33. The van der Waals surface area contributed by atoms with Crippen LogP contribution in [0.25, 0.3) is 0 Å². The van der Waals surface area contributed by atoms with E-state index >= 15 is 0 Å². The Hall–Kier alpha value is -1.67. The maximum atomic E-state index is 13.6. The predicted octanol–water partition coefficient (Wildman–Crippen LogP) is 2.80. The summed E-state index contributed by atoms with van der Waals surface area (Å²) in [6.45, 7) is 0.479. The minimum absolute atomic E-state index is 0.0265. The Morgan fingerprint density at radius 2 is 1.79 bits per heavy atom. The number of hydrogen-bond acceptors (Lipinski definition) is 3. The average molecular weight is 266 g/mol. The van der Waals surface area contributed by atoms with Gasteiger partial charge in [0.05, 0.1) is 17.7 Å². The van der Waals surface area contributed by atoms with Crippen molar-refractivity contribution in [2.45, 2.75) is 31.8 Å². The molecule has 2 rings (SSSR count). The second kappa shape index (κ2) is 5.98. The van der Waals surface area contributed by atoms with Gasteiger partial charge < -0.3 is 10.4 Å². The first-order valence-electron chi connectivity index (χ1n) is 6.41. The molecule has 0 spiro atoms. The summed E-state index contributed by atoms with van der Waals surface area (Å²) in [7, 11) is 0. The maximum Gasteiger partial charge on any atom is 0.150 e. The number of halogens is 2. The molecule has 0 bridgehead atoms. The van der Waals surface area contributed by atoms with Crippen LogP contribution in [0.1, 0.15) is 31.2 Å². The van der Waals surface area contributed by atoms with E-state index in [1.54, 1.807) is 6.07 Å². The second-order valence-corrected chi connectivity index (χ2v) is 4.98. The normalized spacial score (nSPS) is 22.8. The van der Waals surface area contributed by atoms with Crippen molar-refractivity contribution in [2.24, 2.45) is 5.92 Å². The highest BCUT2D eigenvalue weighted by Crippen LogP contribution is 2.26. The average Bonchev–Trinajstić information content (AvgIpc) is 2.39. The van der Waals surface area contributed by atoms with Crippen LogP contribution >= 0.6 is 0 Å². The van der Waals surface area contributed by atoms with Crippen molar-refractivity contribution in [3.05, 3.63) is 29.3 Å². The summed E-state index contributed by atoms with van der Waals surface area (Å²) in [5, 5.41) is 20.8. The molecule has 1 saturated carbocycles. The van der Waals surface area contributed by atoms with E-state index in [1.807, 2.05) is 0 Å². The van der Waals surface area contributed by atoms with Gasteiger partial charge >= 0.3 is 0 Å². The fourth-order valence-electron chi connectivity index (χ4n) is 2.40. The Bertz CT molecular complexity index is 468. The van der Waals surface area contributed by atoms with Gasteiger partial charge in [-0.05, 0) is 43.7 Å². The number of aliphatic hydroxyl groups is 1. The van der Waals surface area contributed by atoms with Crippen molar-refractivity contribution in [3.63, 3.8) is 0 Å². The van der Waals surface area contributed by atoms with Crippen molar-refractivity contribution in [1.29, 1.82) is 5.26 Å². The molecule has 5 heteroatoms. The van der Waals surface area contributed by atoms with E-state index in [0.717, 1.165) is 37.8 Å². The van der Waals surface area contributed by atoms with Crippen LogP contribution in [0.4, 0.5) is 14.5 Å². The highest BCUT2D eigenvalue weighted by molar-refractivity contribution is 5.50. The van der Waals surface area contributed by atoms with Gasteiger partial charge in [-0.1, -0.05) is 0 Å². The molecule has 0 unspecified atom stereocenters. The van der Waals surface area contributed by atoms with Crippen LogP contribution in [0.2, 0.25) is 0 Å². The Morgan fingerprint density at radius 3 is 2.32 bits per heavy atom. The van der Waals surface area contributed by atoms with Gasteiger partial charge in [-0.15, -0.1) is 0 Å². The van der Waals surface area contributed by atoms with Gasteiger partial charge in [0.15, 0.2) is 11.6 Å². The SMILES string of the molecule is N#Cc1cc(F)c(NCC2CCC(O)CC2)c(F)c1. The van der Waals surface area contributed by atoms with Gasteiger partial charge in [-0.3, -0.25) is 0 Å². The number of nitrogens with one attached hydrogen (secondary N) is 1. The molecule has 19 heavy (non-hydrogen) atoms. The number of nitriles is 1. The smallest absolute Gasteiger partial charge is 0.150 e. The number of hydrogen-bond donors (Lipinski definition) is 2. The lowest BCUT2D eigenvalue weighted by Crippen LogP contribution is -2.24. The number of benzene rings is 1. The van der Waals surface area contributed by atoms with Crippen LogP contribution < -0.4 is 5.32 Å². The zero-order valence-corrected chi connectivity index (χ0v) is 10.5. The summed E-state index contributed by atoms with van der Waals surface area (Å²) < 4.78 is 27.2. The van der Waals surface area contributed by atoms with Gasteiger partial charge in [-0.25, -0.2) is 8.78 Å². The van der Waals surface area contributed by atoms with Crippen LogP contribution in [0.3, 0.4) is 0 Å². The zero-order chi connectivity index (χ0) is 13.8. The molecular weight excluding hydrogens is 250 g/mol. The van der Waals surface area contributed by atoms with E-state index in [0.29, 0.717) is 12.5 Å². The molecule has 0 radical (unpaired) electrons. The minimum atomic E-state index is -0.743. The lowest BCUT2D eigenvalue weighted by Gasteiger charge is -2.25. The molecule has 102 valence electrons. The van der Waals surface area contributed by atoms with Gasteiger partial charge in [0, 0.05) is 6.54 Å². The molecule has 0 atom stereocenters. The maximum absolute atomic E-state index is 13.6. The summed E-state index contributed by atoms with van der Waals surface area (Å²) in [6, 6.07) is 3.76. The predicted molar refractivity (Wildman–Crippen MR) is 67.5 cm³/mol. The van der Waals surface area contributed by atoms with Crippen molar-refractivity contribution in [1.82, 2.24) is 0 Å². The van der Waals surface area contributed by atoms with Gasteiger partial charge in [-0.2, -0.15) is 5.26 Å². The summed E-state index contributed by atoms with van der Waals surface area (Å²) in [5.41, 5.74) is -0.202. The van der Waals surface area contributed by atoms with Crippen LogP contribution in [0, 0.1) is 28.9 Å². The standard InChI is InChI=1S/C14H16F2N2O/c15-12-5-10(7-17)6-13(16)14(12)18-8-9-1-3-11(19)4-2-9/h5-6,9,11,18-19H,1-4,8H2. The number of aliphatic hydroxyl groups excluding tert-OH is 1. The van der Waals surface area contributed by atoms with E-state index in [9.17, 15) is 13.9 Å². The Balaban J connectivity index is 1.98. The van der Waals surface area contributed by atoms with E-state index in [2.05, 4.69) is 5.32 Å². The molecule has 0 heterocycles. The number of anilines is 1. The van der Waals surface area contributed by atoms with Crippen molar-refractivity contribution in [3.8, 4) is 6.07 Å². The Labute approximate surface area is 110 Å². The first-order chi connectivity index (χ1) is 9.10. The number of nitrogens with zero attached hydrogens (tertiary/aromatic N) is 1. The second-order valence-electron chi connectivity index (χ2n) is 4.98. The summed E-state index contributed by atoms with van der Waals surface area (Å²) >= 11 is 0. The largest absolute Gasteiger partial charge is 0.393 e. The third kappa shape index (κ3) is 3.42. The van der Waals surface area contributed by atoms with E-state index in [-0.39, 0.29) is 17.4 Å². The Morgan fingerprint density at radius 1 is 1.21 bits per heavy atom. The third-order valence-corrected chi connectivity index (χ3v) is 3.55. The molecular formula is C14H16F2N2O. The first kappa shape index (κ1) is 13.8. The molecule has 3 nitrogen and oxygen atoms in total. The third-order valence-electron chi connectivity index (χ3n) is 3.55. The van der Waals surface area contributed by atoms with Crippen molar-refractivity contribution < 1.29 is 13.9 Å². The summed E-state index contributed by atoms with van der Waals surface area (Å²) in [5.74, 6) is -1.17. The minimum Gasteiger partial charge on any atom is -0.393 e. The zero-order valence-electron chi connectivity index (χ0n) is 10.5. The van der Waals surface area contributed by atoms with Crippen LogP contribution in [-0.2, 0) is 0 Å². The number of rotatable bonds is 3. The van der Waals surface area contributed by atoms with E-state index < -0.39 is 11.6 Å². The molecule has 2 N–H and O–H groups in total. The van der Waals surface area contributed by atoms with Crippen LogP contribution in [0.5, 0.6) is 0 Å². The van der Waals surface area contributed by atoms with Crippen molar-refractivity contribution >= 4 is 5.69 Å². The van der Waals surface area contributed by atoms with Crippen LogP contribution in [0.15, 0.2) is 12.1 Å². The molecule has 0 amide bonds. The molecule has 1 aliphatic carbocycles. The molecule has 1 aromatic carbocycles. The van der Waals surface area contributed by atoms with Crippen LogP contribution in [-0.4, -0.2) is 17.8 Å². The monoisotopic (exact) mass is 266 g/mol. The summed E-state index contributed by atoms with van der Waals surface area (Å²) in [6.07, 6.45) is 2.95. The first-order valence-corrected chi connectivity index (χ1v) is 6.41. The quantitative estimate of drug-likeness (QED) is 0.884. The molecule has 1 aliphatic rings. The van der Waals surface area contributed by atoms with E-state index in [4.69, 9.17) is 5.26 Å². The van der Waals surface area contributed by atoms with Crippen molar-refractivity contribution in [2.75, 3.05) is 11.9 Å². The molecule has 0 saturated heterocycles. The fraction of sp³-hybridized carbons (Fsp3) is 0.500. The van der Waals surface area contributed by atoms with Gasteiger partial charge in [0.1, 0.15) is 5.69 Å². The molecule has 1 aromatic rings. The highest BCUT2D eigenvalue weighted by Gasteiger charge is 2.20. The van der Waals surface area contributed by atoms with Gasteiger partial charge in [0.2, 0.25) is 0 Å². The molecule has 0 aliphatic heterocycles. The fourth-order valence-corrected chi connectivity index (χ4v) is 2.40. The lowest BCUT2D eigenvalue weighted by molar-refractivity contribution is 0.111. The van der Waals surface area contributed by atoms with Gasteiger partial charge in [0.25, 0.3) is 0 Å². The lowest BCUT2D eigenvalue weighted by atomic mass is 9.87. The topological polar surface area (TPSA) is 56.0 Å². The molecule has 1 fully saturated rings. The summed E-state index contributed by atoms with van der Waals surface area (Å²) in [4.78, 5) is 0.